The van der Waals surface area contributed by atoms with Gasteiger partial charge in [-0.05, 0) is 39.4 Å². The van der Waals surface area contributed by atoms with Crippen LogP contribution in [0.25, 0.3) is 0 Å². The third kappa shape index (κ3) is 14.3. The van der Waals surface area contributed by atoms with Gasteiger partial charge in [-0.2, -0.15) is 0 Å². The number of esters is 1. The van der Waals surface area contributed by atoms with Crippen molar-refractivity contribution in [1.29, 1.82) is 0 Å². The molecular formula is C21H40O2S3. The lowest BCUT2D eigenvalue weighted by Gasteiger charge is -2.24. The number of hydrogen-bond acceptors (Lipinski definition) is 5. The van der Waals surface area contributed by atoms with E-state index in [1.807, 2.05) is 27.7 Å². The van der Waals surface area contributed by atoms with Crippen molar-refractivity contribution in [3.63, 3.8) is 0 Å². The monoisotopic (exact) mass is 420 g/mol. The Morgan fingerprint density at radius 3 is 1.96 bits per heavy atom. The molecule has 0 bridgehead atoms. The molecule has 0 aromatic heterocycles. The lowest BCUT2D eigenvalue weighted by atomic mass is 10.1. The Bertz CT molecular complexity index is 383. The largest absolute Gasteiger partial charge is 0.462 e. The molecule has 0 spiro atoms. The number of carbonyl (C=O) groups excluding carboxylic acids is 1. The maximum Gasteiger partial charge on any atom is 0.322 e. The second-order valence-electron chi connectivity index (χ2n) is 7.52. The topological polar surface area (TPSA) is 26.3 Å². The molecule has 0 radical (unpaired) electrons. The minimum atomic E-state index is -0.606. The average molecular weight is 421 g/mol. The van der Waals surface area contributed by atoms with Crippen molar-refractivity contribution >= 4 is 45.2 Å². The van der Waals surface area contributed by atoms with Gasteiger partial charge in [0, 0.05) is 0 Å². The maximum atomic E-state index is 12.2. The zero-order valence-corrected chi connectivity index (χ0v) is 20.1. The first kappa shape index (κ1) is 26.3. The summed E-state index contributed by atoms with van der Waals surface area (Å²) in [5.41, 5.74) is 0. The summed E-state index contributed by atoms with van der Waals surface area (Å²) >= 11 is 8.62. The summed E-state index contributed by atoms with van der Waals surface area (Å²) in [6, 6.07) is 0. The van der Waals surface area contributed by atoms with Crippen LogP contribution in [0.4, 0.5) is 0 Å². The molecule has 0 N–H and O–H groups in total. The van der Waals surface area contributed by atoms with Crippen molar-refractivity contribution in [3.05, 3.63) is 0 Å². The Kier molecular flexibility index (Phi) is 16.4. The van der Waals surface area contributed by atoms with Crippen molar-refractivity contribution in [1.82, 2.24) is 0 Å². The molecule has 0 fully saturated rings. The van der Waals surface area contributed by atoms with Crippen LogP contribution in [0.5, 0.6) is 0 Å². The number of thiocarbonyl (C=S) groups is 1. The molecule has 0 aliphatic carbocycles. The lowest BCUT2D eigenvalue weighted by Crippen LogP contribution is -2.33. The highest BCUT2D eigenvalue weighted by molar-refractivity contribution is 8.47. The number of ether oxygens (including phenoxy) is 1. The molecule has 0 saturated carbocycles. The van der Waals surface area contributed by atoms with Crippen molar-refractivity contribution in [2.75, 3.05) is 5.75 Å². The predicted octanol–water partition coefficient (Wildman–Crippen LogP) is 7.78. The van der Waals surface area contributed by atoms with Gasteiger partial charge in [-0.3, -0.25) is 4.79 Å². The van der Waals surface area contributed by atoms with Crippen LogP contribution in [-0.4, -0.2) is 26.1 Å². The molecular weight excluding hydrogens is 380 g/mol. The van der Waals surface area contributed by atoms with E-state index in [1.54, 1.807) is 11.8 Å². The summed E-state index contributed by atoms with van der Waals surface area (Å²) in [7, 11) is 0. The Balaban J connectivity index is 3.68. The third-order valence-electron chi connectivity index (χ3n) is 4.43. The van der Waals surface area contributed by atoms with Gasteiger partial charge >= 0.3 is 5.97 Å². The molecule has 0 rings (SSSR count). The van der Waals surface area contributed by atoms with Crippen LogP contribution in [0.1, 0.15) is 105 Å². The molecule has 2 nitrogen and oxygen atoms in total. The fraction of sp³-hybridized carbons (Fsp3) is 0.905. The molecule has 0 amide bonds. The minimum absolute atomic E-state index is 0.0322. The van der Waals surface area contributed by atoms with Gasteiger partial charge in [0.15, 0.2) is 0 Å². The van der Waals surface area contributed by atoms with Crippen molar-refractivity contribution in [2.45, 2.75) is 116 Å². The van der Waals surface area contributed by atoms with Gasteiger partial charge < -0.3 is 4.74 Å². The summed E-state index contributed by atoms with van der Waals surface area (Å²) in [5.74, 6) is 0.887. The first-order valence-corrected chi connectivity index (χ1v) is 12.6. The zero-order chi connectivity index (χ0) is 19.8. The van der Waals surface area contributed by atoms with Crippen LogP contribution in [0, 0.1) is 0 Å². The van der Waals surface area contributed by atoms with Gasteiger partial charge in [0.2, 0.25) is 0 Å². The van der Waals surface area contributed by atoms with Gasteiger partial charge in [0.25, 0.3) is 0 Å². The molecule has 5 heteroatoms. The normalized spacial score (nSPS) is 12.8. The predicted molar refractivity (Wildman–Crippen MR) is 124 cm³/mol. The number of carbonyl (C=O) groups is 1. The number of rotatable bonds is 15. The molecule has 0 aliphatic rings. The first-order valence-electron chi connectivity index (χ1n) is 10.4. The highest BCUT2D eigenvalue weighted by Gasteiger charge is 2.32. The maximum absolute atomic E-state index is 12.2. The van der Waals surface area contributed by atoms with Crippen LogP contribution < -0.4 is 0 Å². The fourth-order valence-corrected chi connectivity index (χ4v) is 5.48. The summed E-state index contributed by atoms with van der Waals surface area (Å²) in [6.07, 6.45) is 14.3. The van der Waals surface area contributed by atoms with E-state index in [4.69, 9.17) is 17.0 Å². The molecule has 154 valence electrons. The van der Waals surface area contributed by atoms with E-state index in [9.17, 15) is 4.79 Å². The van der Waals surface area contributed by atoms with Crippen LogP contribution in [0.15, 0.2) is 0 Å². The van der Waals surface area contributed by atoms with Crippen molar-refractivity contribution < 1.29 is 9.53 Å². The summed E-state index contributed by atoms with van der Waals surface area (Å²) in [4.78, 5) is 12.2. The average Bonchev–Trinajstić information content (AvgIpc) is 2.59. The van der Waals surface area contributed by atoms with Crippen LogP contribution in [0.2, 0.25) is 0 Å². The highest BCUT2D eigenvalue weighted by atomic mass is 32.2. The molecule has 1 unspecified atom stereocenters. The smallest absolute Gasteiger partial charge is 0.322 e. The number of unbranched alkanes of at least 4 members (excludes halogenated alkanes) is 9. The molecule has 0 aromatic rings. The van der Waals surface area contributed by atoms with Gasteiger partial charge in [-0.1, -0.05) is 95.6 Å². The highest BCUT2D eigenvalue weighted by Crippen LogP contribution is 2.32. The molecule has 26 heavy (non-hydrogen) atoms. The second-order valence-corrected chi connectivity index (χ2v) is 11.4. The molecule has 0 heterocycles. The fourth-order valence-electron chi connectivity index (χ4n) is 2.43. The second kappa shape index (κ2) is 16.2. The SMILES string of the molecule is CCCCCCCCCCCCSC(=S)SC(C)(C)C(=O)OC(C)CC. The number of hydrogen-bond donors (Lipinski definition) is 0. The van der Waals surface area contributed by atoms with Gasteiger partial charge in [0.05, 0.1) is 6.10 Å². The molecule has 0 aromatic carbocycles. The zero-order valence-electron chi connectivity index (χ0n) is 17.6. The third-order valence-corrected chi connectivity index (χ3v) is 7.21. The Labute approximate surface area is 176 Å². The van der Waals surface area contributed by atoms with E-state index in [-0.39, 0.29) is 12.1 Å². The molecule has 0 saturated heterocycles. The Morgan fingerprint density at radius 2 is 1.46 bits per heavy atom. The summed E-state index contributed by atoms with van der Waals surface area (Å²) < 4.78 is 5.70. The first-order chi connectivity index (χ1) is 12.3. The summed E-state index contributed by atoms with van der Waals surface area (Å²) in [5, 5.41) is 0. The van der Waals surface area contributed by atoms with Crippen LogP contribution >= 0.6 is 35.7 Å². The molecule has 0 aliphatic heterocycles. The lowest BCUT2D eigenvalue weighted by molar-refractivity contribution is -0.150. The Morgan fingerprint density at radius 1 is 0.962 bits per heavy atom. The van der Waals surface area contributed by atoms with E-state index in [0.29, 0.717) is 0 Å². The van der Waals surface area contributed by atoms with Gasteiger partial charge in [-0.15, -0.1) is 11.8 Å². The van der Waals surface area contributed by atoms with E-state index in [0.717, 1.165) is 15.7 Å². The standard InChI is InChI=1S/C21H40O2S3/c1-6-8-9-10-11-12-13-14-15-16-17-25-20(24)26-21(4,5)19(22)23-18(3)7-2/h18H,6-17H2,1-5H3. The Hall–Kier alpha value is 0.260. The van der Waals surface area contributed by atoms with E-state index in [1.165, 1.54) is 76.0 Å². The van der Waals surface area contributed by atoms with E-state index < -0.39 is 4.75 Å². The van der Waals surface area contributed by atoms with Crippen molar-refractivity contribution in [3.8, 4) is 0 Å². The quantitative estimate of drug-likeness (QED) is 0.153. The van der Waals surface area contributed by atoms with Gasteiger partial charge in [-0.25, -0.2) is 0 Å². The van der Waals surface area contributed by atoms with E-state index >= 15 is 0 Å². The molecule has 1 atom stereocenters. The van der Waals surface area contributed by atoms with Crippen LogP contribution in [0.3, 0.4) is 0 Å². The van der Waals surface area contributed by atoms with Crippen molar-refractivity contribution in [2.24, 2.45) is 0 Å². The minimum Gasteiger partial charge on any atom is -0.462 e. The number of thioether (sulfide) groups is 2. The van der Waals surface area contributed by atoms with E-state index in [2.05, 4.69) is 6.92 Å². The van der Waals surface area contributed by atoms with Crippen LogP contribution in [-0.2, 0) is 9.53 Å². The summed E-state index contributed by atoms with van der Waals surface area (Å²) in [6.45, 7) is 10.0. The van der Waals surface area contributed by atoms with Gasteiger partial charge in [0.1, 0.15) is 8.28 Å².